The molecular formula is C10H12BrIO. The van der Waals surface area contributed by atoms with Crippen molar-refractivity contribution in [3.63, 3.8) is 0 Å². The Balaban J connectivity index is 3.12. The molecule has 0 aromatic heterocycles. The van der Waals surface area contributed by atoms with E-state index in [0.29, 0.717) is 0 Å². The van der Waals surface area contributed by atoms with Gasteiger partial charge in [0.25, 0.3) is 0 Å². The Hall–Kier alpha value is 0.390. The summed E-state index contributed by atoms with van der Waals surface area (Å²) in [5.41, 5.74) is 1.01. The summed E-state index contributed by atoms with van der Waals surface area (Å²) in [5, 5.41) is 0. The van der Waals surface area contributed by atoms with Crippen LogP contribution in [0.1, 0.15) is 12.5 Å². The smallest absolute Gasteiger partial charge is 0.0999 e. The van der Waals surface area contributed by atoms with E-state index in [-0.39, 0.29) is 5.60 Å². The van der Waals surface area contributed by atoms with Crippen molar-refractivity contribution in [1.29, 1.82) is 0 Å². The Morgan fingerprint density at radius 1 is 1.46 bits per heavy atom. The van der Waals surface area contributed by atoms with Gasteiger partial charge in [-0.3, -0.25) is 0 Å². The summed E-state index contributed by atoms with van der Waals surface area (Å²) < 4.78 is 7.56. The topological polar surface area (TPSA) is 9.23 Å². The van der Waals surface area contributed by atoms with Crippen LogP contribution in [-0.2, 0) is 10.3 Å². The summed E-state index contributed by atoms with van der Waals surface area (Å²) in [6, 6.07) is 8.17. The molecule has 1 unspecified atom stereocenters. The minimum absolute atomic E-state index is 0.194. The fraction of sp³-hybridized carbons (Fsp3) is 0.400. The molecule has 1 aromatic carbocycles. The molecular weight excluding hydrogens is 343 g/mol. The van der Waals surface area contributed by atoms with E-state index in [2.05, 4.69) is 51.5 Å². The first-order valence-electron chi connectivity index (χ1n) is 4.00. The maximum absolute atomic E-state index is 5.52. The SMILES string of the molecule is COC(C)(CI)c1ccccc1Br. The maximum Gasteiger partial charge on any atom is 0.0999 e. The lowest BCUT2D eigenvalue weighted by atomic mass is 9.98. The summed E-state index contributed by atoms with van der Waals surface area (Å²) >= 11 is 5.87. The molecule has 3 heteroatoms. The predicted molar refractivity (Wildman–Crippen MR) is 67.4 cm³/mol. The van der Waals surface area contributed by atoms with E-state index >= 15 is 0 Å². The molecule has 0 fully saturated rings. The highest BCUT2D eigenvalue weighted by Gasteiger charge is 2.26. The first-order chi connectivity index (χ1) is 6.14. The number of hydrogen-bond donors (Lipinski definition) is 0. The van der Waals surface area contributed by atoms with Crippen LogP contribution in [0.15, 0.2) is 28.7 Å². The molecule has 1 nitrogen and oxygen atoms in total. The Kier molecular flexibility index (Phi) is 4.19. The Morgan fingerprint density at radius 3 is 2.54 bits per heavy atom. The Bertz CT molecular complexity index is 284. The van der Waals surface area contributed by atoms with Crippen molar-refractivity contribution in [1.82, 2.24) is 0 Å². The van der Waals surface area contributed by atoms with Crippen LogP contribution in [0.25, 0.3) is 0 Å². The minimum atomic E-state index is -0.194. The highest BCUT2D eigenvalue weighted by atomic mass is 127. The lowest BCUT2D eigenvalue weighted by Crippen LogP contribution is -2.26. The zero-order valence-electron chi connectivity index (χ0n) is 7.68. The number of ether oxygens (including phenoxy) is 1. The van der Waals surface area contributed by atoms with Gasteiger partial charge in [0.1, 0.15) is 0 Å². The van der Waals surface area contributed by atoms with E-state index in [4.69, 9.17) is 4.74 Å². The summed E-state index contributed by atoms with van der Waals surface area (Å²) in [6.07, 6.45) is 0. The molecule has 0 aliphatic heterocycles. The zero-order valence-corrected chi connectivity index (χ0v) is 11.4. The average Bonchev–Trinajstić information content (AvgIpc) is 2.17. The van der Waals surface area contributed by atoms with Crippen LogP contribution in [-0.4, -0.2) is 11.5 Å². The number of alkyl halides is 1. The van der Waals surface area contributed by atoms with Crippen LogP contribution in [0.2, 0.25) is 0 Å². The number of benzene rings is 1. The van der Waals surface area contributed by atoms with Gasteiger partial charge < -0.3 is 4.74 Å². The lowest BCUT2D eigenvalue weighted by molar-refractivity contribution is 0.0257. The van der Waals surface area contributed by atoms with Gasteiger partial charge in [0.2, 0.25) is 0 Å². The molecule has 0 bridgehead atoms. The molecule has 0 radical (unpaired) electrons. The van der Waals surface area contributed by atoms with Crippen LogP contribution in [0.4, 0.5) is 0 Å². The summed E-state index contributed by atoms with van der Waals surface area (Å²) in [7, 11) is 1.75. The van der Waals surface area contributed by atoms with Crippen LogP contribution in [0.3, 0.4) is 0 Å². The van der Waals surface area contributed by atoms with Crippen molar-refractivity contribution in [3.05, 3.63) is 34.3 Å². The van der Waals surface area contributed by atoms with E-state index in [1.165, 1.54) is 5.56 Å². The molecule has 1 rings (SSSR count). The number of rotatable bonds is 3. The molecule has 0 saturated carbocycles. The van der Waals surface area contributed by atoms with E-state index in [1.54, 1.807) is 7.11 Å². The third-order valence-corrected chi connectivity index (χ3v) is 4.30. The molecule has 0 aliphatic rings. The van der Waals surface area contributed by atoms with Crippen LogP contribution in [0.5, 0.6) is 0 Å². The Morgan fingerprint density at radius 2 is 2.08 bits per heavy atom. The molecule has 1 aromatic rings. The average molecular weight is 355 g/mol. The van der Waals surface area contributed by atoms with Gasteiger partial charge in [-0.05, 0) is 18.6 Å². The molecule has 0 saturated heterocycles. The van der Waals surface area contributed by atoms with Crippen LogP contribution >= 0.6 is 38.5 Å². The zero-order chi connectivity index (χ0) is 9.90. The number of halogens is 2. The normalized spacial score (nSPS) is 15.4. The summed E-state index contributed by atoms with van der Waals surface area (Å²) in [6.45, 7) is 2.10. The molecule has 0 amide bonds. The summed E-state index contributed by atoms with van der Waals surface area (Å²) in [5.74, 6) is 0. The van der Waals surface area contributed by atoms with Gasteiger partial charge in [0.15, 0.2) is 0 Å². The standard InChI is InChI=1S/C10H12BrIO/c1-10(7-12,13-2)8-5-3-4-6-9(8)11/h3-6H,7H2,1-2H3. The van der Waals surface area contributed by atoms with Crippen molar-refractivity contribution in [2.75, 3.05) is 11.5 Å². The van der Waals surface area contributed by atoms with Gasteiger partial charge in [0.05, 0.1) is 5.60 Å². The maximum atomic E-state index is 5.52. The van der Waals surface area contributed by atoms with Crippen LogP contribution in [0, 0.1) is 0 Å². The first kappa shape index (κ1) is 11.5. The molecule has 0 spiro atoms. The molecule has 0 aliphatic carbocycles. The largest absolute Gasteiger partial charge is 0.373 e. The molecule has 1 atom stereocenters. The second kappa shape index (κ2) is 4.75. The molecule has 13 heavy (non-hydrogen) atoms. The van der Waals surface area contributed by atoms with Gasteiger partial charge in [-0.25, -0.2) is 0 Å². The van der Waals surface area contributed by atoms with Crippen molar-refractivity contribution < 1.29 is 4.74 Å². The highest BCUT2D eigenvalue weighted by Crippen LogP contribution is 2.32. The van der Waals surface area contributed by atoms with Crippen molar-refractivity contribution in [3.8, 4) is 0 Å². The van der Waals surface area contributed by atoms with Gasteiger partial charge in [-0.2, -0.15) is 0 Å². The number of hydrogen-bond acceptors (Lipinski definition) is 1. The fourth-order valence-corrected chi connectivity index (χ4v) is 2.55. The monoisotopic (exact) mass is 354 g/mol. The van der Waals surface area contributed by atoms with Gasteiger partial charge in [-0.1, -0.05) is 56.7 Å². The van der Waals surface area contributed by atoms with Crippen molar-refractivity contribution >= 4 is 38.5 Å². The van der Waals surface area contributed by atoms with Gasteiger partial charge in [0, 0.05) is 16.0 Å². The fourth-order valence-electron chi connectivity index (χ4n) is 1.13. The molecule has 0 heterocycles. The molecule has 72 valence electrons. The van der Waals surface area contributed by atoms with Crippen LogP contribution < -0.4 is 0 Å². The first-order valence-corrected chi connectivity index (χ1v) is 6.32. The second-order valence-corrected chi connectivity index (χ2v) is 4.67. The number of methoxy groups -OCH3 is 1. The third kappa shape index (κ3) is 2.44. The van der Waals surface area contributed by atoms with E-state index in [9.17, 15) is 0 Å². The quantitative estimate of drug-likeness (QED) is 0.593. The second-order valence-electron chi connectivity index (χ2n) is 3.05. The van der Waals surface area contributed by atoms with Crippen molar-refractivity contribution in [2.45, 2.75) is 12.5 Å². The Labute approximate surface area is 101 Å². The third-order valence-electron chi connectivity index (χ3n) is 2.15. The highest BCUT2D eigenvalue weighted by molar-refractivity contribution is 14.1. The predicted octanol–water partition coefficient (Wildman–Crippen LogP) is 3.75. The lowest BCUT2D eigenvalue weighted by Gasteiger charge is -2.27. The van der Waals surface area contributed by atoms with Gasteiger partial charge in [-0.15, -0.1) is 0 Å². The van der Waals surface area contributed by atoms with E-state index in [1.807, 2.05) is 18.2 Å². The summed E-state index contributed by atoms with van der Waals surface area (Å²) in [4.78, 5) is 0. The minimum Gasteiger partial charge on any atom is -0.373 e. The van der Waals surface area contributed by atoms with Gasteiger partial charge >= 0.3 is 0 Å². The van der Waals surface area contributed by atoms with Crippen molar-refractivity contribution in [2.24, 2.45) is 0 Å². The van der Waals surface area contributed by atoms with E-state index in [0.717, 1.165) is 8.90 Å². The van der Waals surface area contributed by atoms with E-state index < -0.39 is 0 Å². The molecule has 0 N–H and O–H groups in total.